The molecular weight excluding hydrogens is 258 g/mol. The van der Waals surface area contributed by atoms with Gasteiger partial charge in [0.25, 0.3) is 0 Å². The topological polar surface area (TPSA) is 42.1 Å². The van der Waals surface area contributed by atoms with E-state index in [-0.39, 0.29) is 5.41 Å². The van der Waals surface area contributed by atoms with Crippen molar-refractivity contribution in [3.8, 4) is 0 Å². The lowest BCUT2D eigenvalue weighted by Gasteiger charge is -2.24. The predicted molar refractivity (Wildman–Crippen MR) is 90.5 cm³/mol. The summed E-state index contributed by atoms with van der Waals surface area (Å²) >= 11 is 0. The molecule has 0 aliphatic heterocycles. The Morgan fingerprint density at radius 1 is 1.10 bits per heavy atom. The predicted octanol–water partition coefficient (Wildman–Crippen LogP) is 3.99. The summed E-state index contributed by atoms with van der Waals surface area (Å²) in [6, 6.07) is 12.3. The van der Waals surface area contributed by atoms with E-state index in [9.17, 15) is 0 Å². The van der Waals surface area contributed by atoms with Gasteiger partial charge in [0.2, 0.25) is 0 Å². The van der Waals surface area contributed by atoms with E-state index in [4.69, 9.17) is 5.73 Å². The molecule has 3 heteroatoms. The van der Waals surface area contributed by atoms with Crippen LogP contribution in [0.1, 0.15) is 38.8 Å². The molecule has 0 aliphatic rings. The van der Waals surface area contributed by atoms with Crippen LogP contribution in [0.4, 0.5) is 11.5 Å². The summed E-state index contributed by atoms with van der Waals surface area (Å²) in [7, 11) is 0. The Kier molecular flexibility index (Phi) is 4.51. The van der Waals surface area contributed by atoms with Crippen molar-refractivity contribution in [2.45, 2.75) is 39.7 Å². The van der Waals surface area contributed by atoms with E-state index in [0.717, 1.165) is 30.2 Å². The van der Waals surface area contributed by atoms with E-state index < -0.39 is 0 Å². The van der Waals surface area contributed by atoms with E-state index in [1.54, 1.807) is 0 Å². The van der Waals surface area contributed by atoms with Gasteiger partial charge in [-0.05, 0) is 35.6 Å². The van der Waals surface area contributed by atoms with Gasteiger partial charge in [-0.15, -0.1) is 0 Å². The number of hydrogen-bond donors (Lipinski definition) is 1. The molecule has 0 aliphatic carbocycles. The first-order valence-corrected chi connectivity index (χ1v) is 7.46. The molecule has 0 unspecified atom stereocenters. The summed E-state index contributed by atoms with van der Waals surface area (Å²) in [6.45, 7) is 10.4. The summed E-state index contributed by atoms with van der Waals surface area (Å²) in [5, 5.41) is 0. The minimum absolute atomic E-state index is 0.131. The second kappa shape index (κ2) is 6.17. The molecule has 1 aromatic heterocycles. The molecule has 0 bridgehead atoms. The van der Waals surface area contributed by atoms with Gasteiger partial charge in [-0.2, -0.15) is 0 Å². The highest BCUT2D eigenvalue weighted by Crippen LogP contribution is 2.24. The monoisotopic (exact) mass is 283 g/mol. The van der Waals surface area contributed by atoms with Crippen molar-refractivity contribution < 1.29 is 0 Å². The molecule has 21 heavy (non-hydrogen) atoms. The van der Waals surface area contributed by atoms with Crippen molar-refractivity contribution in [1.82, 2.24) is 4.98 Å². The number of nitrogens with two attached hydrogens (primary N) is 1. The number of aromatic nitrogens is 1. The van der Waals surface area contributed by atoms with Gasteiger partial charge in [0.1, 0.15) is 5.82 Å². The fourth-order valence-corrected chi connectivity index (χ4v) is 2.26. The second-order valence-corrected chi connectivity index (χ2v) is 6.37. The molecule has 2 N–H and O–H groups in total. The van der Waals surface area contributed by atoms with Gasteiger partial charge in [-0.25, -0.2) is 4.98 Å². The molecule has 1 aromatic carbocycles. The third-order valence-electron chi connectivity index (χ3n) is 3.74. The minimum atomic E-state index is 0.131. The maximum atomic E-state index is 6.04. The van der Waals surface area contributed by atoms with Crippen molar-refractivity contribution in [1.29, 1.82) is 0 Å². The maximum absolute atomic E-state index is 6.04. The van der Waals surface area contributed by atoms with E-state index in [0.29, 0.717) is 0 Å². The molecular formula is C18H25N3. The average Bonchev–Trinajstić information content (AvgIpc) is 2.46. The minimum Gasteiger partial charge on any atom is -0.398 e. The number of pyridine rings is 1. The van der Waals surface area contributed by atoms with Crippen LogP contribution in [0.5, 0.6) is 0 Å². The zero-order valence-electron chi connectivity index (χ0n) is 13.4. The number of para-hydroxylation sites is 1. The number of benzene rings is 1. The third-order valence-corrected chi connectivity index (χ3v) is 3.74. The van der Waals surface area contributed by atoms with Crippen LogP contribution >= 0.6 is 0 Å². The Labute approximate surface area is 127 Å². The average molecular weight is 283 g/mol. The first-order chi connectivity index (χ1) is 9.91. The number of rotatable bonds is 4. The van der Waals surface area contributed by atoms with Gasteiger partial charge in [0.05, 0.1) is 0 Å². The van der Waals surface area contributed by atoms with Crippen LogP contribution in [-0.4, -0.2) is 11.5 Å². The van der Waals surface area contributed by atoms with Crippen LogP contribution in [0.15, 0.2) is 42.6 Å². The van der Waals surface area contributed by atoms with Crippen LogP contribution in [0.25, 0.3) is 0 Å². The van der Waals surface area contributed by atoms with Crippen LogP contribution in [0.2, 0.25) is 0 Å². The normalized spacial score (nSPS) is 11.4. The highest BCUT2D eigenvalue weighted by atomic mass is 15.2. The molecule has 0 spiro atoms. The molecule has 2 aromatic rings. The summed E-state index contributed by atoms with van der Waals surface area (Å²) in [4.78, 5) is 6.86. The van der Waals surface area contributed by atoms with E-state index in [2.05, 4.69) is 55.8 Å². The third kappa shape index (κ3) is 3.75. The Morgan fingerprint density at radius 3 is 2.33 bits per heavy atom. The molecule has 2 rings (SSSR count). The summed E-state index contributed by atoms with van der Waals surface area (Å²) in [6.07, 6.45) is 1.98. The van der Waals surface area contributed by atoms with Crippen molar-refractivity contribution in [3.05, 3.63) is 53.7 Å². The fourth-order valence-electron chi connectivity index (χ4n) is 2.26. The molecule has 112 valence electrons. The second-order valence-electron chi connectivity index (χ2n) is 6.37. The maximum Gasteiger partial charge on any atom is 0.128 e. The first-order valence-electron chi connectivity index (χ1n) is 7.46. The Bertz CT molecular complexity index is 582. The first kappa shape index (κ1) is 15.4. The van der Waals surface area contributed by atoms with Crippen molar-refractivity contribution in [2.24, 2.45) is 0 Å². The lowest BCUT2D eigenvalue weighted by atomic mass is 9.88. The smallest absolute Gasteiger partial charge is 0.128 e. The lowest BCUT2D eigenvalue weighted by molar-refractivity contribution is 0.587. The molecule has 0 saturated carbocycles. The Balaban J connectivity index is 2.20. The van der Waals surface area contributed by atoms with Crippen LogP contribution in [0.3, 0.4) is 0 Å². The standard InChI is InChI=1S/C18H25N3/c1-5-21(13-14-8-6-7-9-16(14)19)17-11-10-15(12-20-17)18(2,3)4/h6-12H,5,13,19H2,1-4H3. The summed E-state index contributed by atoms with van der Waals surface area (Å²) in [5.41, 5.74) is 9.39. The van der Waals surface area contributed by atoms with Gasteiger partial charge in [-0.1, -0.05) is 45.0 Å². The number of hydrogen-bond acceptors (Lipinski definition) is 3. The molecule has 0 saturated heterocycles. The summed E-state index contributed by atoms with van der Waals surface area (Å²) in [5.74, 6) is 0.994. The number of nitrogens with zero attached hydrogens (tertiary/aromatic N) is 2. The van der Waals surface area contributed by atoms with Gasteiger partial charge in [0, 0.05) is 25.0 Å². The van der Waals surface area contributed by atoms with Crippen LogP contribution in [0, 0.1) is 0 Å². The zero-order chi connectivity index (χ0) is 15.5. The molecule has 0 atom stereocenters. The SMILES string of the molecule is CCN(Cc1ccccc1N)c1ccc(C(C)(C)C)cn1. The van der Waals surface area contributed by atoms with Crippen LogP contribution < -0.4 is 10.6 Å². The molecule has 0 radical (unpaired) electrons. The molecule has 1 heterocycles. The lowest BCUT2D eigenvalue weighted by Crippen LogP contribution is -2.24. The fraction of sp³-hybridized carbons (Fsp3) is 0.389. The van der Waals surface area contributed by atoms with Crippen molar-refractivity contribution in [3.63, 3.8) is 0 Å². The van der Waals surface area contributed by atoms with Gasteiger partial charge in [-0.3, -0.25) is 0 Å². The van der Waals surface area contributed by atoms with Crippen LogP contribution in [-0.2, 0) is 12.0 Å². The van der Waals surface area contributed by atoms with Crippen molar-refractivity contribution in [2.75, 3.05) is 17.2 Å². The van der Waals surface area contributed by atoms with Gasteiger partial charge < -0.3 is 10.6 Å². The van der Waals surface area contributed by atoms with E-state index in [1.807, 2.05) is 24.4 Å². The van der Waals surface area contributed by atoms with Crippen molar-refractivity contribution >= 4 is 11.5 Å². The van der Waals surface area contributed by atoms with Gasteiger partial charge in [0.15, 0.2) is 0 Å². The van der Waals surface area contributed by atoms with E-state index in [1.165, 1.54) is 5.56 Å². The van der Waals surface area contributed by atoms with Gasteiger partial charge >= 0.3 is 0 Å². The summed E-state index contributed by atoms with van der Waals surface area (Å²) < 4.78 is 0. The highest BCUT2D eigenvalue weighted by molar-refractivity contribution is 5.50. The molecule has 3 nitrogen and oxygen atoms in total. The van der Waals surface area contributed by atoms with E-state index >= 15 is 0 Å². The molecule has 0 fully saturated rings. The molecule has 0 amide bonds. The number of nitrogen functional groups attached to an aromatic ring is 1. The Morgan fingerprint density at radius 2 is 1.81 bits per heavy atom. The zero-order valence-corrected chi connectivity index (χ0v) is 13.4. The quantitative estimate of drug-likeness (QED) is 0.863. The highest BCUT2D eigenvalue weighted by Gasteiger charge is 2.15. The Hall–Kier alpha value is -2.03. The largest absolute Gasteiger partial charge is 0.398 e. The number of anilines is 2.